The van der Waals surface area contributed by atoms with Crippen molar-refractivity contribution in [3.8, 4) is 0 Å². The molecule has 0 spiro atoms. The third-order valence-corrected chi connectivity index (χ3v) is 14.3. The van der Waals surface area contributed by atoms with Gasteiger partial charge in [0.2, 0.25) is 0 Å². The Hall–Kier alpha value is -2.06. The lowest BCUT2D eigenvalue weighted by Crippen LogP contribution is -2.60. The minimum absolute atomic E-state index is 0.0429. The number of ketones is 1. The standard InChI is InChI=1S/C46H81N3O13/c1-15-35-46(10,56)39(52)30(6)49(13)25-26(2)23-44(8,55)41(28(4)38(29(5)42(54)60-35)61-36-24-45(9,57-14)40(53)31(7)59-36)62-43-37(51)33(22-27(3)58-43)48(12)21-17-19-34(50)32-18-16-20-47(32)11/h16,18,20,26-31,33,35-41,43,51-53,55-56H,15,17,19,21-25H2,1-14H3/t26-,27-,28+,29-,30-,31+,33+,35-,36+,37-,38+,39-,40+,41-,43+,44-,45-,46-/m1/s1. The number of Topliss-reactive ketones (excluding diaryl/α,β-unsaturated/α-hetero) is 1. The van der Waals surface area contributed by atoms with Crippen LogP contribution >= 0.6 is 0 Å². The van der Waals surface area contributed by atoms with E-state index in [1.165, 1.54) is 14.0 Å². The molecule has 3 aliphatic rings. The number of rotatable bonds is 12. The van der Waals surface area contributed by atoms with Gasteiger partial charge in [-0.3, -0.25) is 9.59 Å². The number of likely N-dealkylation sites (N-methyl/N-ethyl adjacent to an activating group) is 2. The first-order chi connectivity index (χ1) is 28.8. The van der Waals surface area contributed by atoms with E-state index in [9.17, 15) is 35.1 Å². The minimum atomic E-state index is -1.83. The number of aliphatic hydroxyl groups is 5. The van der Waals surface area contributed by atoms with Gasteiger partial charge in [-0.05, 0) is 113 Å². The van der Waals surface area contributed by atoms with E-state index in [-0.39, 0.29) is 37.1 Å². The van der Waals surface area contributed by atoms with Crippen molar-refractivity contribution in [1.29, 1.82) is 0 Å². The number of esters is 1. The van der Waals surface area contributed by atoms with Gasteiger partial charge in [0.15, 0.2) is 18.4 Å². The highest BCUT2D eigenvalue weighted by atomic mass is 16.7. The van der Waals surface area contributed by atoms with Crippen LogP contribution in [0.1, 0.15) is 118 Å². The van der Waals surface area contributed by atoms with Gasteiger partial charge in [-0.1, -0.05) is 20.8 Å². The average molecular weight is 884 g/mol. The molecule has 0 unspecified atom stereocenters. The topological polar surface area (TPSA) is 202 Å². The van der Waals surface area contributed by atoms with Crippen LogP contribution in [-0.4, -0.2) is 176 Å². The number of aromatic nitrogens is 1. The van der Waals surface area contributed by atoms with E-state index in [0.29, 0.717) is 38.0 Å². The van der Waals surface area contributed by atoms with Crippen molar-refractivity contribution < 1.29 is 63.5 Å². The van der Waals surface area contributed by atoms with Crippen LogP contribution in [0.25, 0.3) is 0 Å². The molecule has 0 aromatic carbocycles. The number of ether oxygens (including phenoxy) is 6. The molecule has 16 nitrogen and oxygen atoms in total. The number of aliphatic hydroxyl groups excluding tert-OH is 3. The maximum absolute atomic E-state index is 14.4. The predicted molar refractivity (Wildman–Crippen MR) is 232 cm³/mol. The van der Waals surface area contributed by atoms with Gasteiger partial charge in [0, 0.05) is 57.7 Å². The van der Waals surface area contributed by atoms with Gasteiger partial charge in [0.05, 0.1) is 47.2 Å². The van der Waals surface area contributed by atoms with Crippen LogP contribution in [0.15, 0.2) is 18.3 Å². The van der Waals surface area contributed by atoms with E-state index in [4.69, 9.17) is 28.4 Å². The van der Waals surface area contributed by atoms with E-state index in [1.54, 1.807) is 52.2 Å². The van der Waals surface area contributed by atoms with Crippen LogP contribution in [0.4, 0.5) is 0 Å². The van der Waals surface area contributed by atoms with Crippen molar-refractivity contribution >= 4 is 11.8 Å². The fourth-order valence-corrected chi connectivity index (χ4v) is 10.2. The Labute approximate surface area is 370 Å². The van der Waals surface area contributed by atoms with Crippen molar-refractivity contribution in [1.82, 2.24) is 14.4 Å². The summed E-state index contributed by atoms with van der Waals surface area (Å²) in [7, 11) is 7.08. The summed E-state index contributed by atoms with van der Waals surface area (Å²) in [5, 5.41) is 59.2. The van der Waals surface area contributed by atoms with Crippen LogP contribution in [0.2, 0.25) is 0 Å². The molecular weight excluding hydrogens is 803 g/mol. The second-order valence-electron chi connectivity index (χ2n) is 19.7. The Morgan fingerprint density at radius 3 is 2.24 bits per heavy atom. The zero-order valence-electron chi connectivity index (χ0n) is 39.9. The highest BCUT2D eigenvalue weighted by Gasteiger charge is 2.53. The molecule has 0 saturated carbocycles. The molecule has 4 heterocycles. The lowest BCUT2D eigenvalue weighted by atomic mass is 9.77. The van der Waals surface area contributed by atoms with Crippen LogP contribution in [0.5, 0.6) is 0 Å². The van der Waals surface area contributed by atoms with Crippen LogP contribution in [0.3, 0.4) is 0 Å². The Morgan fingerprint density at radius 1 is 0.984 bits per heavy atom. The van der Waals surface area contributed by atoms with Crippen molar-refractivity contribution in [2.45, 2.75) is 198 Å². The van der Waals surface area contributed by atoms with Crippen molar-refractivity contribution in [2.75, 3.05) is 34.3 Å². The van der Waals surface area contributed by atoms with E-state index in [2.05, 4.69) is 0 Å². The lowest BCUT2D eigenvalue weighted by molar-refractivity contribution is -0.318. The number of aryl methyl sites for hydroxylation is 1. The predicted octanol–water partition coefficient (Wildman–Crippen LogP) is 3.27. The molecule has 18 atom stereocenters. The number of hydrogen-bond donors (Lipinski definition) is 5. The van der Waals surface area contributed by atoms with E-state index < -0.39 is 102 Å². The summed E-state index contributed by atoms with van der Waals surface area (Å²) < 4.78 is 39.8. The molecule has 358 valence electrons. The maximum atomic E-state index is 14.4. The quantitative estimate of drug-likeness (QED) is 0.151. The molecule has 5 N–H and O–H groups in total. The van der Waals surface area contributed by atoms with Gasteiger partial charge < -0.3 is 68.3 Å². The van der Waals surface area contributed by atoms with Gasteiger partial charge >= 0.3 is 5.97 Å². The minimum Gasteiger partial charge on any atom is -0.459 e. The van der Waals surface area contributed by atoms with Crippen LogP contribution in [-0.2, 0) is 40.3 Å². The second kappa shape index (κ2) is 21.5. The summed E-state index contributed by atoms with van der Waals surface area (Å²) in [6.07, 6.45) is -6.19. The van der Waals surface area contributed by atoms with Gasteiger partial charge in [-0.25, -0.2) is 0 Å². The average Bonchev–Trinajstić information content (AvgIpc) is 3.64. The van der Waals surface area contributed by atoms with Crippen molar-refractivity contribution in [3.05, 3.63) is 24.0 Å². The summed E-state index contributed by atoms with van der Waals surface area (Å²) in [5.41, 5.74) is -3.86. The molecule has 3 fully saturated rings. The van der Waals surface area contributed by atoms with Crippen molar-refractivity contribution in [3.63, 3.8) is 0 Å². The molecule has 0 bridgehead atoms. The number of hydrogen-bond acceptors (Lipinski definition) is 15. The maximum Gasteiger partial charge on any atom is 0.311 e. The molecule has 62 heavy (non-hydrogen) atoms. The van der Waals surface area contributed by atoms with Crippen molar-refractivity contribution in [2.24, 2.45) is 24.8 Å². The Kier molecular flexibility index (Phi) is 18.2. The highest BCUT2D eigenvalue weighted by Crippen LogP contribution is 2.40. The number of cyclic esters (lactones) is 1. The summed E-state index contributed by atoms with van der Waals surface area (Å²) in [6.45, 7) is 18.5. The fourth-order valence-electron chi connectivity index (χ4n) is 10.2. The SMILES string of the molecule is CC[C@H]1OC(=O)[C@H](C)[C@@H](O[C@H]2C[C@@](C)(OC)[C@@H](O)[C@H](C)O2)[C@H](C)[C@@H](O[C@@H]2O[C@H](C)C[C@H](N(C)CCCC(=O)c3cccn3C)[C@H]2O)[C@](C)(O)C[C@@H](C)CN(C)[C@H](C)[C@@H](O)[C@]1(C)O. The Balaban J connectivity index is 1.73. The monoisotopic (exact) mass is 884 g/mol. The molecule has 4 rings (SSSR count). The van der Waals surface area contributed by atoms with Crippen LogP contribution in [0, 0.1) is 17.8 Å². The first kappa shape index (κ1) is 52.6. The second-order valence-corrected chi connectivity index (χ2v) is 19.7. The first-order valence-electron chi connectivity index (χ1n) is 22.7. The zero-order valence-corrected chi connectivity index (χ0v) is 39.9. The Morgan fingerprint density at radius 2 is 1.65 bits per heavy atom. The lowest BCUT2D eigenvalue weighted by Gasteiger charge is -2.49. The fraction of sp³-hybridized carbons (Fsp3) is 0.870. The van der Waals surface area contributed by atoms with Gasteiger partial charge in [0.1, 0.15) is 30.0 Å². The third-order valence-electron chi connectivity index (χ3n) is 14.3. The van der Waals surface area contributed by atoms with Gasteiger partial charge in [0.25, 0.3) is 0 Å². The molecule has 0 amide bonds. The van der Waals surface area contributed by atoms with E-state index in [1.807, 2.05) is 64.0 Å². The number of nitrogens with zero attached hydrogens (tertiary/aromatic N) is 3. The third kappa shape index (κ3) is 12.0. The Bertz CT molecular complexity index is 1590. The molecule has 3 aliphatic heterocycles. The number of carbonyl (C=O) groups excluding carboxylic acids is 2. The molecule has 16 heteroatoms. The molecule has 0 radical (unpaired) electrons. The highest BCUT2D eigenvalue weighted by molar-refractivity contribution is 5.94. The van der Waals surface area contributed by atoms with Gasteiger partial charge in [-0.15, -0.1) is 0 Å². The summed E-state index contributed by atoms with van der Waals surface area (Å²) in [4.78, 5) is 31.2. The number of methoxy groups -OCH3 is 1. The van der Waals surface area contributed by atoms with E-state index in [0.717, 1.165) is 0 Å². The molecule has 1 aromatic heterocycles. The molecule has 0 aliphatic carbocycles. The summed E-state index contributed by atoms with van der Waals surface area (Å²) in [5.74, 6) is -2.71. The molecular formula is C46H81N3O13. The summed E-state index contributed by atoms with van der Waals surface area (Å²) in [6, 6.07) is 2.67. The van der Waals surface area contributed by atoms with Gasteiger partial charge in [-0.2, -0.15) is 0 Å². The van der Waals surface area contributed by atoms with Crippen LogP contribution < -0.4 is 0 Å². The molecule has 1 aromatic rings. The zero-order chi connectivity index (χ0) is 46.6. The van der Waals surface area contributed by atoms with E-state index >= 15 is 0 Å². The summed E-state index contributed by atoms with van der Waals surface area (Å²) >= 11 is 0. The molecule has 3 saturated heterocycles. The number of carbonyl (C=O) groups is 2. The first-order valence-corrected chi connectivity index (χ1v) is 22.7. The normalized spacial score (nSPS) is 43.5. The largest absolute Gasteiger partial charge is 0.459 e. The smallest absolute Gasteiger partial charge is 0.311 e.